The summed E-state index contributed by atoms with van der Waals surface area (Å²) in [5.41, 5.74) is 8.08. The normalized spacial score (nSPS) is 19.9. The Morgan fingerprint density at radius 1 is 1.03 bits per heavy atom. The maximum Gasteiger partial charge on any atom is 0.232 e. The van der Waals surface area contributed by atoms with Gasteiger partial charge in [0, 0.05) is 12.1 Å². The third kappa shape index (κ3) is 5.12. The van der Waals surface area contributed by atoms with Gasteiger partial charge in [-0.3, -0.25) is 0 Å². The summed E-state index contributed by atoms with van der Waals surface area (Å²) >= 11 is 0. The molecule has 3 aromatic rings. The van der Waals surface area contributed by atoms with Crippen LogP contribution in [0.4, 0.5) is 22.0 Å². The molecule has 156 valence electrons. The highest BCUT2D eigenvalue weighted by Crippen LogP contribution is 2.40. The van der Waals surface area contributed by atoms with Crippen molar-refractivity contribution in [3.05, 3.63) is 71.8 Å². The van der Waals surface area contributed by atoms with E-state index in [1.54, 1.807) is 12.1 Å². The average Bonchev–Trinajstić information content (AvgIpc) is 2.76. The van der Waals surface area contributed by atoms with Crippen molar-refractivity contribution in [2.24, 2.45) is 11.8 Å². The quantitative estimate of drug-likeness (QED) is 0.567. The van der Waals surface area contributed by atoms with Crippen molar-refractivity contribution in [1.29, 1.82) is 0 Å². The number of nitrogens with two attached hydrogens (primary N) is 1. The van der Waals surface area contributed by atoms with Gasteiger partial charge < -0.3 is 11.1 Å². The lowest BCUT2D eigenvalue weighted by Gasteiger charge is -2.33. The number of halogens is 1. The second kappa shape index (κ2) is 9.20. The van der Waals surface area contributed by atoms with E-state index in [1.165, 1.54) is 43.4 Å². The molecule has 3 N–H and O–H groups in total. The Kier molecular flexibility index (Phi) is 6.21. The van der Waals surface area contributed by atoms with Gasteiger partial charge in [0.15, 0.2) is 0 Å². The standard InChI is InChI=1S/C24H28FN5/c1-16(18-8-5-9-19(15-18)17-6-3-2-4-7-17)14-22-28-23(26)30-24(29-22)27-21-12-10-20(25)11-13-21/h2-4,6-7,10-13,16,18-19H,5,8-9,14-15H2,1H3,(H3,26,27,28,29,30). The molecule has 1 fully saturated rings. The fourth-order valence-electron chi connectivity index (χ4n) is 4.47. The van der Waals surface area contributed by atoms with E-state index in [4.69, 9.17) is 5.73 Å². The van der Waals surface area contributed by atoms with Gasteiger partial charge in [-0.1, -0.05) is 50.1 Å². The minimum Gasteiger partial charge on any atom is -0.368 e. The number of hydrogen-bond acceptors (Lipinski definition) is 5. The van der Waals surface area contributed by atoms with Crippen molar-refractivity contribution in [2.45, 2.75) is 44.9 Å². The Hall–Kier alpha value is -3.02. The highest BCUT2D eigenvalue weighted by Gasteiger charge is 2.27. The van der Waals surface area contributed by atoms with E-state index in [1.807, 2.05) is 0 Å². The minimum absolute atomic E-state index is 0.197. The van der Waals surface area contributed by atoms with Crippen LogP contribution in [0, 0.1) is 17.7 Å². The summed E-state index contributed by atoms with van der Waals surface area (Å²) < 4.78 is 13.1. The second-order valence-electron chi connectivity index (χ2n) is 8.28. The SMILES string of the molecule is CC(Cc1nc(N)nc(Nc2ccc(F)cc2)n1)C1CCCC(c2ccccc2)C1. The van der Waals surface area contributed by atoms with E-state index in [0.29, 0.717) is 35.2 Å². The summed E-state index contributed by atoms with van der Waals surface area (Å²) in [4.78, 5) is 13.1. The maximum atomic E-state index is 13.1. The van der Waals surface area contributed by atoms with Crippen molar-refractivity contribution < 1.29 is 4.39 Å². The molecule has 6 heteroatoms. The van der Waals surface area contributed by atoms with Crippen molar-refractivity contribution in [3.63, 3.8) is 0 Å². The van der Waals surface area contributed by atoms with Crippen LogP contribution in [-0.4, -0.2) is 15.0 Å². The number of hydrogen-bond donors (Lipinski definition) is 2. The number of anilines is 3. The summed E-state index contributed by atoms with van der Waals surface area (Å²) in [5.74, 6) is 2.72. The zero-order chi connectivity index (χ0) is 20.9. The van der Waals surface area contributed by atoms with Crippen LogP contribution in [0.3, 0.4) is 0 Å². The first-order chi connectivity index (χ1) is 14.6. The van der Waals surface area contributed by atoms with Gasteiger partial charge in [-0.05, 0) is 60.4 Å². The molecular weight excluding hydrogens is 377 g/mol. The molecular formula is C24H28FN5. The van der Waals surface area contributed by atoms with Gasteiger partial charge in [0.2, 0.25) is 11.9 Å². The van der Waals surface area contributed by atoms with Crippen LogP contribution in [0.15, 0.2) is 54.6 Å². The van der Waals surface area contributed by atoms with Gasteiger partial charge in [-0.15, -0.1) is 0 Å². The smallest absolute Gasteiger partial charge is 0.232 e. The van der Waals surface area contributed by atoms with Crippen LogP contribution in [0.1, 0.15) is 49.9 Å². The van der Waals surface area contributed by atoms with Crippen LogP contribution in [0.2, 0.25) is 0 Å². The second-order valence-corrected chi connectivity index (χ2v) is 8.28. The van der Waals surface area contributed by atoms with E-state index in [-0.39, 0.29) is 11.8 Å². The number of benzene rings is 2. The predicted octanol–water partition coefficient (Wildman–Crippen LogP) is 5.49. The van der Waals surface area contributed by atoms with Gasteiger partial charge >= 0.3 is 0 Å². The molecule has 5 nitrogen and oxygen atoms in total. The number of nitrogen functional groups attached to an aromatic ring is 1. The van der Waals surface area contributed by atoms with E-state index in [0.717, 1.165) is 6.42 Å². The summed E-state index contributed by atoms with van der Waals surface area (Å²) in [6.45, 7) is 2.28. The molecule has 4 rings (SSSR count). The van der Waals surface area contributed by atoms with Crippen molar-refractivity contribution in [1.82, 2.24) is 15.0 Å². The topological polar surface area (TPSA) is 76.7 Å². The first kappa shape index (κ1) is 20.3. The van der Waals surface area contributed by atoms with Gasteiger partial charge in [0.1, 0.15) is 11.6 Å². The molecule has 0 spiro atoms. The summed E-state index contributed by atoms with van der Waals surface area (Å²) in [7, 11) is 0. The highest BCUT2D eigenvalue weighted by molar-refractivity contribution is 5.53. The van der Waals surface area contributed by atoms with E-state index in [9.17, 15) is 4.39 Å². The van der Waals surface area contributed by atoms with Crippen LogP contribution < -0.4 is 11.1 Å². The molecule has 1 aromatic heterocycles. The Bertz CT molecular complexity index is 961. The predicted molar refractivity (Wildman–Crippen MR) is 118 cm³/mol. The third-order valence-corrected chi connectivity index (χ3v) is 6.09. The highest BCUT2D eigenvalue weighted by atomic mass is 19.1. The van der Waals surface area contributed by atoms with Crippen molar-refractivity contribution >= 4 is 17.6 Å². The monoisotopic (exact) mass is 405 g/mol. The molecule has 2 aromatic carbocycles. The van der Waals surface area contributed by atoms with Crippen LogP contribution >= 0.6 is 0 Å². The maximum absolute atomic E-state index is 13.1. The first-order valence-corrected chi connectivity index (χ1v) is 10.6. The number of nitrogens with one attached hydrogen (secondary N) is 1. The summed E-state index contributed by atoms with van der Waals surface area (Å²) in [6, 6.07) is 16.9. The third-order valence-electron chi connectivity index (χ3n) is 6.09. The van der Waals surface area contributed by atoms with E-state index in [2.05, 4.69) is 57.5 Å². The molecule has 0 radical (unpaired) electrons. The number of aromatic nitrogens is 3. The fourth-order valence-corrected chi connectivity index (χ4v) is 4.47. The Morgan fingerprint density at radius 2 is 1.80 bits per heavy atom. The largest absolute Gasteiger partial charge is 0.368 e. The summed E-state index contributed by atoms with van der Waals surface area (Å²) in [6.07, 6.45) is 5.72. The zero-order valence-electron chi connectivity index (χ0n) is 17.3. The molecule has 0 aliphatic heterocycles. The number of nitrogens with zero attached hydrogens (tertiary/aromatic N) is 3. The van der Waals surface area contributed by atoms with Gasteiger partial charge in [0.05, 0.1) is 0 Å². The van der Waals surface area contributed by atoms with Crippen molar-refractivity contribution in [3.8, 4) is 0 Å². The lowest BCUT2D eigenvalue weighted by Crippen LogP contribution is -2.22. The molecule has 1 heterocycles. The number of rotatable bonds is 6. The lowest BCUT2D eigenvalue weighted by atomic mass is 9.72. The average molecular weight is 406 g/mol. The molecule has 0 amide bonds. The van der Waals surface area contributed by atoms with E-state index < -0.39 is 0 Å². The molecule has 0 bridgehead atoms. The molecule has 30 heavy (non-hydrogen) atoms. The molecule has 3 atom stereocenters. The van der Waals surface area contributed by atoms with Crippen LogP contribution in [0.5, 0.6) is 0 Å². The zero-order valence-corrected chi connectivity index (χ0v) is 17.3. The Morgan fingerprint density at radius 3 is 2.57 bits per heavy atom. The first-order valence-electron chi connectivity index (χ1n) is 10.6. The minimum atomic E-state index is -0.286. The molecule has 1 aliphatic rings. The van der Waals surface area contributed by atoms with Crippen molar-refractivity contribution in [2.75, 3.05) is 11.1 Å². The summed E-state index contributed by atoms with van der Waals surface area (Å²) in [5, 5.41) is 3.08. The van der Waals surface area contributed by atoms with Gasteiger partial charge in [-0.25, -0.2) is 4.39 Å². The lowest BCUT2D eigenvalue weighted by molar-refractivity contribution is 0.238. The van der Waals surface area contributed by atoms with Crippen LogP contribution in [0.25, 0.3) is 0 Å². The molecule has 1 aliphatic carbocycles. The van der Waals surface area contributed by atoms with Gasteiger partial charge in [0.25, 0.3) is 0 Å². The fraction of sp³-hybridized carbons (Fsp3) is 0.375. The Labute approximate surface area is 177 Å². The molecule has 0 saturated heterocycles. The van der Waals surface area contributed by atoms with Crippen LogP contribution in [-0.2, 0) is 6.42 Å². The Balaban J connectivity index is 1.43. The molecule has 3 unspecified atom stereocenters. The van der Waals surface area contributed by atoms with Gasteiger partial charge in [-0.2, -0.15) is 15.0 Å². The molecule has 1 saturated carbocycles. The van der Waals surface area contributed by atoms with E-state index >= 15 is 0 Å².